The van der Waals surface area contributed by atoms with Crippen LogP contribution in [0, 0.1) is 12.7 Å². The number of rotatable bonds is 9. The lowest BCUT2D eigenvalue weighted by atomic mass is 10.1. The van der Waals surface area contributed by atoms with Crippen LogP contribution in [0.1, 0.15) is 18.1 Å². The molecule has 2 aromatic carbocycles. The van der Waals surface area contributed by atoms with Gasteiger partial charge in [-0.1, -0.05) is 18.2 Å². The first-order valence-electron chi connectivity index (χ1n) is 9.01. The van der Waals surface area contributed by atoms with Crippen LogP contribution < -0.4 is 14.8 Å². The number of carbonyl (C=O) groups is 2. The van der Waals surface area contributed by atoms with Gasteiger partial charge in [0.25, 0.3) is 5.91 Å². The van der Waals surface area contributed by atoms with Crippen molar-refractivity contribution in [2.24, 2.45) is 0 Å². The number of amides is 1. The minimum atomic E-state index is -1.08. The first-order chi connectivity index (χ1) is 13.8. The van der Waals surface area contributed by atoms with E-state index in [9.17, 15) is 14.0 Å². The number of nitrogens with one attached hydrogen (secondary N) is 1. The van der Waals surface area contributed by atoms with Crippen molar-refractivity contribution in [2.45, 2.75) is 26.4 Å². The summed E-state index contributed by atoms with van der Waals surface area (Å²) >= 11 is 0. The van der Waals surface area contributed by atoms with E-state index in [2.05, 4.69) is 11.9 Å². The standard InChI is InChI=1S/C22H24FNO5/c1-5-6-16-8-10-19(20(11-16)27-4)28-13-21(25)29-15(3)22(26)24-17-9-7-14(2)18(23)12-17/h5,7-12,15H,1,6,13H2,2-4H3,(H,24,26)/t15-/m1/s1. The third-order valence-electron chi connectivity index (χ3n) is 4.07. The SMILES string of the molecule is C=CCc1ccc(OCC(=O)O[C@H](C)C(=O)Nc2ccc(C)c(F)c2)c(OC)c1. The van der Waals surface area contributed by atoms with E-state index in [4.69, 9.17) is 14.2 Å². The molecule has 0 aliphatic carbocycles. The Bertz CT molecular complexity index is 897. The number of aryl methyl sites for hydroxylation is 1. The zero-order valence-electron chi connectivity index (χ0n) is 16.7. The molecule has 2 aromatic rings. The van der Waals surface area contributed by atoms with E-state index in [0.29, 0.717) is 23.5 Å². The van der Waals surface area contributed by atoms with Crippen LogP contribution in [0.25, 0.3) is 0 Å². The minimum absolute atomic E-state index is 0.279. The van der Waals surface area contributed by atoms with Gasteiger partial charge in [-0.25, -0.2) is 9.18 Å². The van der Waals surface area contributed by atoms with E-state index in [-0.39, 0.29) is 5.69 Å². The molecule has 1 atom stereocenters. The number of methoxy groups -OCH3 is 1. The van der Waals surface area contributed by atoms with Crippen molar-refractivity contribution in [1.82, 2.24) is 0 Å². The summed E-state index contributed by atoms with van der Waals surface area (Å²) < 4.78 is 29.3. The zero-order chi connectivity index (χ0) is 21.4. The lowest BCUT2D eigenvalue weighted by molar-refractivity contribution is -0.155. The van der Waals surface area contributed by atoms with Gasteiger partial charge in [0.15, 0.2) is 24.2 Å². The lowest BCUT2D eigenvalue weighted by Gasteiger charge is -2.15. The van der Waals surface area contributed by atoms with Gasteiger partial charge < -0.3 is 19.5 Å². The number of hydrogen-bond acceptors (Lipinski definition) is 5. The van der Waals surface area contributed by atoms with Crippen LogP contribution in [0.2, 0.25) is 0 Å². The average molecular weight is 401 g/mol. The zero-order valence-corrected chi connectivity index (χ0v) is 16.7. The number of benzene rings is 2. The molecule has 0 radical (unpaired) electrons. The van der Waals surface area contributed by atoms with Gasteiger partial charge in [0.1, 0.15) is 5.82 Å². The summed E-state index contributed by atoms with van der Waals surface area (Å²) in [5.74, 6) is -0.879. The molecule has 0 saturated heterocycles. The lowest BCUT2D eigenvalue weighted by Crippen LogP contribution is -2.31. The predicted octanol–water partition coefficient (Wildman–Crippen LogP) is 3.82. The molecule has 1 amide bonds. The molecule has 0 aromatic heterocycles. The second-order valence-electron chi connectivity index (χ2n) is 6.35. The van der Waals surface area contributed by atoms with E-state index in [1.807, 2.05) is 6.07 Å². The number of esters is 1. The Morgan fingerprint density at radius 3 is 2.62 bits per heavy atom. The molecular weight excluding hydrogens is 377 g/mol. The number of ether oxygens (including phenoxy) is 3. The molecule has 29 heavy (non-hydrogen) atoms. The highest BCUT2D eigenvalue weighted by Gasteiger charge is 2.19. The molecule has 1 N–H and O–H groups in total. The summed E-state index contributed by atoms with van der Waals surface area (Å²) in [6, 6.07) is 9.63. The summed E-state index contributed by atoms with van der Waals surface area (Å²) in [6.07, 6.45) is 1.37. The van der Waals surface area contributed by atoms with Crippen molar-refractivity contribution < 1.29 is 28.2 Å². The Morgan fingerprint density at radius 2 is 1.97 bits per heavy atom. The summed E-state index contributed by atoms with van der Waals surface area (Å²) in [6.45, 7) is 6.33. The summed E-state index contributed by atoms with van der Waals surface area (Å²) in [7, 11) is 1.50. The van der Waals surface area contributed by atoms with Crippen molar-refractivity contribution >= 4 is 17.6 Å². The van der Waals surface area contributed by atoms with Gasteiger partial charge in [-0.2, -0.15) is 0 Å². The van der Waals surface area contributed by atoms with Gasteiger partial charge in [0.05, 0.1) is 7.11 Å². The van der Waals surface area contributed by atoms with Crippen LogP contribution in [0.4, 0.5) is 10.1 Å². The summed E-state index contributed by atoms with van der Waals surface area (Å²) in [5, 5.41) is 2.50. The highest BCUT2D eigenvalue weighted by Crippen LogP contribution is 2.28. The molecular formula is C22H24FNO5. The van der Waals surface area contributed by atoms with Crippen molar-refractivity contribution in [2.75, 3.05) is 19.0 Å². The van der Waals surface area contributed by atoms with E-state index in [1.165, 1.54) is 20.1 Å². The number of allylic oxidation sites excluding steroid dienone is 1. The van der Waals surface area contributed by atoms with Gasteiger partial charge in [-0.05, 0) is 55.7 Å². The first kappa shape index (κ1) is 21.9. The molecule has 0 unspecified atom stereocenters. The molecule has 7 heteroatoms. The molecule has 0 spiro atoms. The molecule has 6 nitrogen and oxygen atoms in total. The van der Waals surface area contributed by atoms with Gasteiger partial charge in [0.2, 0.25) is 0 Å². The van der Waals surface area contributed by atoms with Crippen LogP contribution in [-0.2, 0) is 20.7 Å². The van der Waals surface area contributed by atoms with E-state index in [1.54, 1.807) is 37.3 Å². The van der Waals surface area contributed by atoms with Crippen LogP contribution in [0.5, 0.6) is 11.5 Å². The van der Waals surface area contributed by atoms with E-state index in [0.717, 1.165) is 5.56 Å². The maximum absolute atomic E-state index is 13.6. The highest BCUT2D eigenvalue weighted by atomic mass is 19.1. The van der Waals surface area contributed by atoms with Crippen molar-refractivity contribution in [1.29, 1.82) is 0 Å². The quantitative estimate of drug-likeness (QED) is 0.511. The third-order valence-corrected chi connectivity index (χ3v) is 4.07. The number of anilines is 1. The fraction of sp³-hybridized carbons (Fsp3) is 0.273. The summed E-state index contributed by atoms with van der Waals surface area (Å²) in [5.41, 5.74) is 1.73. The molecule has 0 heterocycles. The van der Waals surface area contributed by atoms with Gasteiger partial charge in [-0.15, -0.1) is 6.58 Å². The minimum Gasteiger partial charge on any atom is -0.493 e. The fourth-order valence-electron chi connectivity index (χ4n) is 2.46. The smallest absolute Gasteiger partial charge is 0.344 e. The van der Waals surface area contributed by atoms with Crippen molar-refractivity contribution in [3.05, 3.63) is 66.0 Å². The number of hydrogen-bond donors (Lipinski definition) is 1. The monoisotopic (exact) mass is 401 g/mol. The van der Waals surface area contributed by atoms with Crippen LogP contribution >= 0.6 is 0 Å². The Balaban J connectivity index is 1.88. The molecule has 0 saturated carbocycles. The molecule has 154 valence electrons. The van der Waals surface area contributed by atoms with Crippen LogP contribution in [-0.4, -0.2) is 31.7 Å². The largest absolute Gasteiger partial charge is 0.493 e. The third kappa shape index (κ3) is 6.34. The van der Waals surface area contributed by atoms with Gasteiger partial charge in [-0.3, -0.25) is 4.79 Å². The Morgan fingerprint density at radius 1 is 1.21 bits per heavy atom. The van der Waals surface area contributed by atoms with Gasteiger partial charge in [0, 0.05) is 5.69 Å². The van der Waals surface area contributed by atoms with Crippen LogP contribution in [0.3, 0.4) is 0 Å². The van der Waals surface area contributed by atoms with Crippen molar-refractivity contribution in [3.8, 4) is 11.5 Å². The summed E-state index contributed by atoms with van der Waals surface area (Å²) in [4.78, 5) is 24.1. The second kappa shape index (κ2) is 10.3. The molecule has 0 fully saturated rings. The highest BCUT2D eigenvalue weighted by molar-refractivity contribution is 5.95. The molecule has 2 rings (SSSR count). The molecule has 0 bridgehead atoms. The fourth-order valence-corrected chi connectivity index (χ4v) is 2.46. The van der Waals surface area contributed by atoms with Gasteiger partial charge >= 0.3 is 5.97 Å². The predicted molar refractivity (Wildman–Crippen MR) is 108 cm³/mol. The Kier molecular flexibility index (Phi) is 7.77. The number of carbonyl (C=O) groups excluding carboxylic acids is 2. The topological polar surface area (TPSA) is 73.9 Å². The van der Waals surface area contributed by atoms with E-state index >= 15 is 0 Å². The van der Waals surface area contributed by atoms with Crippen molar-refractivity contribution in [3.63, 3.8) is 0 Å². The first-order valence-corrected chi connectivity index (χ1v) is 9.01. The Hall–Kier alpha value is -3.35. The maximum atomic E-state index is 13.6. The molecule has 0 aliphatic rings. The average Bonchev–Trinajstić information content (AvgIpc) is 2.69. The normalized spacial score (nSPS) is 11.3. The maximum Gasteiger partial charge on any atom is 0.344 e. The molecule has 0 aliphatic heterocycles. The number of halogens is 1. The second-order valence-corrected chi connectivity index (χ2v) is 6.35. The van der Waals surface area contributed by atoms with Crippen LogP contribution in [0.15, 0.2) is 49.1 Å². The van der Waals surface area contributed by atoms with E-state index < -0.39 is 30.4 Å². The Labute approximate surface area is 169 Å².